The minimum Gasteiger partial charge on any atom is -0.384 e. The van der Waals surface area contributed by atoms with Crippen LogP contribution in [-0.2, 0) is 10.0 Å². The zero-order valence-corrected chi connectivity index (χ0v) is 12.6. The fraction of sp³-hybridized carbons (Fsp3) is 0.467. The minimum atomic E-state index is -3.53. The maximum absolute atomic E-state index is 12.7. The van der Waals surface area contributed by atoms with Crippen molar-refractivity contribution in [3.8, 4) is 11.8 Å². The first-order chi connectivity index (χ1) is 9.46. The van der Waals surface area contributed by atoms with E-state index in [2.05, 4.69) is 11.8 Å². The van der Waals surface area contributed by atoms with E-state index in [0.29, 0.717) is 5.56 Å². The van der Waals surface area contributed by atoms with Crippen molar-refractivity contribution in [2.24, 2.45) is 0 Å². The third-order valence-corrected chi connectivity index (χ3v) is 5.65. The van der Waals surface area contributed by atoms with Crippen LogP contribution in [0.2, 0.25) is 0 Å². The number of hydrogen-bond donors (Lipinski definition) is 1. The van der Waals surface area contributed by atoms with Gasteiger partial charge in [0, 0.05) is 18.7 Å². The fourth-order valence-electron chi connectivity index (χ4n) is 2.20. The third-order valence-electron chi connectivity index (χ3n) is 3.68. The number of rotatable bonds is 3. The lowest BCUT2D eigenvalue weighted by atomic mass is 9.94. The number of aliphatic hydroxyl groups is 1. The smallest absolute Gasteiger partial charge is 0.244 e. The molecule has 0 saturated heterocycles. The number of aliphatic hydroxyl groups excluding tert-OH is 1. The average Bonchev–Trinajstić information content (AvgIpc) is 2.34. The van der Waals surface area contributed by atoms with E-state index in [1.54, 1.807) is 25.2 Å². The van der Waals surface area contributed by atoms with Crippen LogP contribution in [0, 0.1) is 18.8 Å². The van der Waals surface area contributed by atoms with Gasteiger partial charge in [0.2, 0.25) is 10.0 Å². The van der Waals surface area contributed by atoms with Crippen molar-refractivity contribution in [3.05, 3.63) is 29.3 Å². The minimum absolute atomic E-state index is 0.0972. The second-order valence-corrected chi connectivity index (χ2v) is 7.03. The number of benzene rings is 1. The van der Waals surface area contributed by atoms with E-state index in [4.69, 9.17) is 5.11 Å². The summed E-state index contributed by atoms with van der Waals surface area (Å²) < 4.78 is 26.8. The van der Waals surface area contributed by atoms with Crippen LogP contribution >= 0.6 is 0 Å². The summed E-state index contributed by atoms with van der Waals surface area (Å²) in [6.45, 7) is 1.60. The Kier molecular flexibility index (Phi) is 4.48. The van der Waals surface area contributed by atoms with Crippen molar-refractivity contribution >= 4 is 10.0 Å². The van der Waals surface area contributed by atoms with E-state index >= 15 is 0 Å². The summed E-state index contributed by atoms with van der Waals surface area (Å²) in [5.41, 5.74) is 1.39. The molecule has 1 fully saturated rings. The molecule has 0 unspecified atom stereocenters. The molecule has 20 heavy (non-hydrogen) atoms. The summed E-state index contributed by atoms with van der Waals surface area (Å²) in [5.74, 6) is 5.26. The van der Waals surface area contributed by atoms with Crippen LogP contribution in [0.5, 0.6) is 0 Å². The predicted octanol–water partition coefficient (Wildman–Crippen LogP) is 1.51. The highest BCUT2D eigenvalue weighted by Gasteiger charge is 2.32. The van der Waals surface area contributed by atoms with E-state index in [0.717, 1.165) is 24.8 Å². The topological polar surface area (TPSA) is 57.6 Å². The number of aryl methyl sites for hydroxylation is 1. The molecule has 1 aromatic carbocycles. The summed E-state index contributed by atoms with van der Waals surface area (Å²) in [4.78, 5) is 0.221. The Morgan fingerprint density at radius 3 is 2.65 bits per heavy atom. The summed E-state index contributed by atoms with van der Waals surface area (Å²) in [6.07, 6.45) is 2.91. The Labute approximate surface area is 120 Å². The monoisotopic (exact) mass is 293 g/mol. The van der Waals surface area contributed by atoms with Crippen LogP contribution in [-0.4, -0.2) is 37.5 Å². The summed E-state index contributed by atoms with van der Waals surface area (Å²) in [5, 5.41) is 8.80. The zero-order chi connectivity index (χ0) is 14.8. The van der Waals surface area contributed by atoms with E-state index < -0.39 is 10.0 Å². The standard InChI is InChI=1S/C15H19NO3S/c1-12-8-9-15(13(11-12)5-4-10-17)20(18,19)16(2)14-6-3-7-14/h8-9,11,14,17H,3,6-7,10H2,1-2H3. The zero-order valence-electron chi connectivity index (χ0n) is 11.8. The van der Waals surface area contributed by atoms with E-state index in [1.807, 2.05) is 6.92 Å². The van der Waals surface area contributed by atoms with Gasteiger partial charge in [-0.05, 0) is 37.5 Å². The fourth-order valence-corrected chi connectivity index (χ4v) is 3.74. The van der Waals surface area contributed by atoms with Crippen LogP contribution < -0.4 is 0 Å². The van der Waals surface area contributed by atoms with E-state index in [-0.39, 0.29) is 17.5 Å². The molecule has 0 heterocycles. The molecule has 2 rings (SSSR count). The molecule has 0 amide bonds. The van der Waals surface area contributed by atoms with Crippen molar-refractivity contribution in [2.75, 3.05) is 13.7 Å². The summed E-state index contributed by atoms with van der Waals surface area (Å²) >= 11 is 0. The van der Waals surface area contributed by atoms with Crippen molar-refractivity contribution in [2.45, 2.75) is 37.1 Å². The summed E-state index contributed by atoms with van der Waals surface area (Å²) in [6, 6.07) is 5.21. The van der Waals surface area contributed by atoms with Gasteiger partial charge in [-0.2, -0.15) is 4.31 Å². The quantitative estimate of drug-likeness (QED) is 0.860. The molecule has 0 bridgehead atoms. The van der Waals surface area contributed by atoms with Crippen LogP contribution in [0.15, 0.2) is 23.1 Å². The number of sulfonamides is 1. The Morgan fingerprint density at radius 1 is 1.40 bits per heavy atom. The molecular weight excluding hydrogens is 274 g/mol. The van der Waals surface area contributed by atoms with Gasteiger partial charge in [-0.1, -0.05) is 24.3 Å². The maximum Gasteiger partial charge on any atom is 0.244 e. The van der Waals surface area contributed by atoms with Gasteiger partial charge in [-0.15, -0.1) is 0 Å². The Bertz CT molecular complexity index is 651. The molecule has 108 valence electrons. The number of hydrogen-bond acceptors (Lipinski definition) is 3. The van der Waals surface area contributed by atoms with Gasteiger partial charge in [0.25, 0.3) is 0 Å². The molecule has 1 saturated carbocycles. The Balaban J connectivity index is 2.45. The lowest BCUT2D eigenvalue weighted by molar-refractivity contribution is 0.249. The van der Waals surface area contributed by atoms with Gasteiger partial charge in [0.05, 0.1) is 4.90 Å². The van der Waals surface area contributed by atoms with Crippen LogP contribution in [0.1, 0.15) is 30.4 Å². The van der Waals surface area contributed by atoms with Crippen LogP contribution in [0.4, 0.5) is 0 Å². The van der Waals surface area contributed by atoms with Crippen molar-refractivity contribution < 1.29 is 13.5 Å². The average molecular weight is 293 g/mol. The van der Waals surface area contributed by atoms with Gasteiger partial charge >= 0.3 is 0 Å². The van der Waals surface area contributed by atoms with Gasteiger partial charge in [0.15, 0.2) is 0 Å². The van der Waals surface area contributed by atoms with Crippen molar-refractivity contribution in [1.82, 2.24) is 4.31 Å². The lowest BCUT2D eigenvalue weighted by Gasteiger charge is -2.34. The summed E-state index contributed by atoms with van der Waals surface area (Å²) in [7, 11) is -1.90. The highest BCUT2D eigenvalue weighted by Crippen LogP contribution is 2.29. The molecule has 4 nitrogen and oxygen atoms in total. The highest BCUT2D eigenvalue weighted by molar-refractivity contribution is 7.89. The Hall–Kier alpha value is -1.35. The predicted molar refractivity (Wildman–Crippen MR) is 77.7 cm³/mol. The molecule has 0 aliphatic heterocycles. The third kappa shape index (κ3) is 2.88. The van der Waals surface area contributed by atoms with Gasteiger partial charge in [-0.3, -0.25) is 0 Å². The molecule has 0 aromatic heterocycles. The first kappa shape index (κ1) is 15.0. The van der Waals surface area contributed by atoms with E-state index in [1.165, 1.54) is 4.31 Å². The first-order valence-corrected chi connectivity index (χ1v) is 8.09. The lowest BCUT2D eigenvalue weighted by Crippen LogP contribution is -2.41. The van der Waals surface area contributed by atoms with Crippen molar-refractivity contribution in [1.29, 1.82) is 0 Å². The first-order valence-electron chi connectivity index (χ1n) is 6.65. The molecule has 1 aromatic rings. The molecular formula is C15H19NO3S. The largest absolute Gasteiger partial charge is 0.384 e. The van der Waals surface area contributed by atoms with Gasteiger partial charge in [0.1, 0.15) is 6.61 Å². The molecule has 0 atom stereocenters. The molecule has 1 aliphatic carbocycles. The highest BCUT2D eigenvalue weighted by atomic mass is 32.2. The van der Waals surface area contributed by atoms with E-state index in [9.17, 15) is 8.42 Å². The van der Waals surface area contributed by atoms with Crippen LogP contribution in [0.3, 0.4) is 0 Å². The SMILES string of the molecule is Cc1ccc(S(=O)(=O)N(C)C2CCC2)c(C#CCO)c1. The van der Waals surface area contributed by atoms with Crippen LogP contribution in [0.25, 0.3) is 0 Å². The second kappa shape index (κ2) is 5.96. The second-order valence-electron chi connectivity index (χ2n) is 5.07. The van der Waals surface area contributed by atoms with Gasteiger partial charge in [-0.25, -0.2) is 8.42 Å². The van der Waals surface area contributed by atoms with Crippen molar-refractivity contribution in [3.63, 3.8) is 0 Å². The maximum atomic E-state index is 12.7. The molecule has 1 aliphatic rings. The molecule has 0 spiro atoms. The molecule has 1 N–H and O–H groups in total. The number of nitrogens with zero attached hydrogens (tertiary/aromatic N) is 1. The normalized spacial score (nSPS) is 15.6. The van der Waals surface area contributed by atoms with Gasteiger partial charge < -0.3 is 5.11 Å². The Morgan fingerprint density at radius 2 is 2.10 bits per heavy atom. The molecule has 5 heteroatoms. The molecule has 0 radical (unpaired) electrons.